The van der Waals surface area contributed by atoms with Gasteiger partial charge in [0.15, 0.2) is 17.3 Å². The smallest absolute Gasteiger partial charge is 0.335 e. The number of nitrogens with zero attached hydrogens (tertiary/aromatic N) is 5. The lowest BCUT2D eigenvalue weighted by Gasteiger charge is -2.18. The first-order chi connectivity index (χ1) is 20.7. The fraction of sp³-hybridized carbons (Fsp3) is 0.167. The number of benzene rings is 2. The number of fused-ring (bicyclic) bond motifs is 1. The van der Waals surface area contributed by atoms with Crippen LogP contribution in [0.2, 0.25) is 0 Å². The van der Waals surface area contributed by atoms with Crippen LogP contribution in [0, 0.1) is 11.6 Å². The second-order valence-electron chi connectivity index (χ2n) is 9.80. The summed E-state index contributed by atoms with van der Waals surface area (Å²) in [5, 5.41) is 6.71. The van der Waals surface area contributed by atoms with Gasteiger partial charge in [-0.25, -0.2) is 22.7 Å². The molecule has 11 nitrogen and oxygen atoms in total. The number of ether oxygens (including phenoxy) is 1. The predicted octanol–water partition coefficient (Wildman–Crippen LogP) is 4.12. The van der Waals surface area contributed by atoms with Crippen LogP contribution in [0.4, 0.5) is 20.2 Å². The molecule has 2 amide bonds. The number of aromatic nitrogens is 4. The van der Waals surface area contributed by atoms with Gasteiger partial charge in [0.25, 0.3) is 11.5 Å². The molecular weight excluding hydrogens is 562 g/mol. The molecule has 0 aliphatic carbocycles. The minimum absolute atomic E-state index is 0.0255. The third kappa shape index (κ3) is 5.16. The number of hydrogen-bond acceptors (Lipinski definition) is 6. The second kappa shape index (κ2) is 11.0. The fourth-order valence-electron chi connectivity index (χ4n) is 4.91. The van der Waals surface area contributed by atoms with E-state index in [9.17, 15) is 23.6 Å². The topological polar surface area (TPSA) is 120 Å². The van der Waals surface area contributed by atoms with Crippen LogP contribution < -0.4 is 26.2 Å². The van der Waals surface area contributed by atoms with E-state index in [0.717, 1.165) is 40.0 Å². The quantitative estimate of drug-likeness (QED) is 0.307. The summed E-state index contributed by atoms with van der Waals surface area (Å²) in [6, 6.07) is 11.8. The summed E-state index contributed by atoms with van der Waals surface area (Å²) >= 11 is 0. The summed E-state index contributed by atoms with van der Waals surface area (Å²) in [5.41, 5.74) is -0.751. The maximum atomic E-state index is 15.2. The van der Waals surface area contributed by atoms with E-state index in [1.807, 2.05) is 0 Å². The van der Waals surface area contributed by atoms with Crippen molar-refractivity contribution < 1.29 is 23.1 Å². The molecule has 0 spiro atoms. The van der Waals surface area contributed by atoms with Crippen molar-refractivity contribution in [1.82, 2.24) is 18.7 Å². The Labute approximate surface area is 242 Å². The fourth-order valence-corrected chi connectivity index (χ4v) is 4.91. The first-order valence-corrected chi connectivity index (χ1v) is 13.4. The van der Waals surface area contributed by atoms with E-state index in [1.165, 1.54) is 28.8 Å². The number of anilines is 2. The molecule has 3 aromatic heterocycles. The Hall–Kier alpha value is -5.59. The van der Waals surface area contributed by atoms with E-state index < -0.39 is 28.8 Å². The molecule has 0 saturated carbocycles. The molecule has 1 saturated heterocycles. The predicted molar refractivity (Wildman–Crippen MR) is 153 cm³/mol. The maximum absolute atomic E-state index is 15.2. The molecule has 0 bridgehead atoms. The number of amides is 2. The summed E-state index contributed by atoms with van der Waals surface area (Å²) in [7, 11) is 0. The highest BCUT2D eigenvalue weighted by Crippen LogP contribution is 2.34. The van der Waals surface area contributed by atoms with Gasteiger partial charge in [0, 0.05) is 43.5 Å². The van der Waals surface area contributed by atoms with E-state index in [-0.39, 0.29) is 40.9 Å². The Bertz CT molecular complexity index is 2010. The van der Waals surface area contributed by atoms with Gasteiger partial charge >= 0.3 is 5.69 Å². The zero-order chi connectivity index (χ0) is 30.2. The highest BCUT2D eigenvalue weighted by atomic mass is 19.1. The summed E-state index contributed by atoms with van der Waals surface area (Å²) in [4.78, 5) is 53.1. The van der Waals surface area contributed by atoms with Gasteiger partial charge in [-0.05, 0) is 55.8 Å². The lowest BCUT2D eigenvalue weighted by atomic mass is 10.2. The third-order valence-corrected chi connectivity index (χ3v) is 7.08. The molecule has 0 radical (unpaired) electrons. The van der Waals surface area contributed by atoms with Gasteiger partial charge in [-0.1, -0.05) is 0 Å². The lowest BCUT2D eigenvalue weighted by molar-refractivity contribution is -0.117. The molecule has 1 N–H and O–H groups in total. The number of rotatable bonds is 7. The van der Waals surface area contributed by atoms with Gasteiger partial charge < -0.3 is 15.0 Å². The van der Waals surface area contributed by atoms with Gasteiger partial charge in [0.05, 0.1) is 23.8 Å². The number of carbonyl (C=O) groups is 2. The minimum Gasteiger partial charge on any atom is -0.452 e. The molecule has 0 atom stereocenters. The second-order valence-corrected chi connectivity index (χ2v) is 9.80. The van der Waals surface area contributed by atoms with Crippen molar-refractivity contribution in [3.05, 3.63) is 111 Å². The van der Waals surface area contributed by atoms with Crippen molar-refractivity contribution in [2.45, 2.75) is 26.3 Å². The van der Waals surface area contributed by atoms with E-state index >= 15 is 4.39 Å². The number of carbonyl (C=O) groups excluding carboxylic acids is 2. The zero-order valence-corrected chi connectivity index (χ0v) is 22.8. The van der Waals surface area contributed by atoms with Crippen molar-refractivity contribution in [2.24, 2.45) is 0 Å². The van der Waals surface area contributed by atoms with Gasteiger partial charge in [0.1, 0.15) is 16.9 Å². The number of aryl methyl sites for hydroxylation is 1. The Morgan fingerprint density at radius 2 is 1.77 bits per heavy atom. The van der Waals surface area contributed by atoms with Crippen LogP contribution in [-0.4, -0.2) is 37.1 Å². The molecule has 6 rings (SSSR count). The van der Waals surface area contributed by atoms with Crippen LogP contribution in [0.15, 0.2) is 82.8 Å². The van der Waals surface area contributed by atoms with Crippen molar-refractivity contribution >= 4 is 28.7 Å². The van der Waals surface area contributed by atoms with Gasteiger partial charge in [-0.3, -0.25) is 19.0 Å². The monoisotopic (exact) mass is 586 g/mol. The first kappa shape index (κ1) is 27.6. The molecule has 1 aliphatic rings. The standard InChI is InChI=1S/C30H24F2N6O5/c1-2-35-17-22(29(41)38(30(35)42)20-8-5-18(31)6-9-20)28(40)34-19-7-10-25(23(32)14-19)43-26-15-21(36-13-3-4-27(36)39)16-37-24(26)11-12-33-37/h5-12,14-17H,2-4,13H2,1H3,(H,34,40). The SMILES string of the molecule is CCn1cc(C(=O)Nc2ccc(Oc3cc(N4CCCC4=O)cn4nccc34)c(F)c2)c(=O)n(-c2ccc(F)cc2)c1=O. The first-order valence-electron chi connectivity index (χ1n) is 13.4. The highest BCUT2D eigenvalue weighted by Gasteiger charge is 2.24. The third-order valence-electron chi connectivity index (χ3n) is 7.08. The normalized spacial score (nSPS) is 13.1. The van der Waals surface area contributed by atoms with Crippen LogP contribution in [0.1, 0.15) is 30.1 Å². The molecule has 0 unspecified atom stereocenters. The van der Waals surface area contributed by atoms with Crippen LogP contribution in [0.3, 0.4) is 0 Å². The Balaban J connectivity index is 1.28. The van der Waals surface area contributed by atoms with Crippen molar-refractivity contribution in [1.29, 1.82) is 0 Å². The Morgan fingerprint density at radius 3 is 2.47 bits per heavy atom. The minimum atomic E-state index is -0.916. The van der Waals surface area contributed by atoms with Crippen LogP contribution in [0.25, 0.3) is 11.2 Å². The van der Waals surface area contributed by atoms with E-state index in [2.05, 4.69) is 10.4 Å². The molecule has 4 heterocycles. The molecule has 1 aliphatic heterocycles. The highest BCUT2D eigenvalue weighted by molar-refractivity contribution is 6.04. The van der Waals surface area contributed by atoms with Crippen LogP contribution in [0.5, 0.6) is 11.5 Å². The molecule has 218 valence electrons. The van der Waals surface area contributed by atoms with E-state index in [0.29, 0.717) is 24.2 Å². The average molecular weight is 587 g/mol. The van der Waals surface area contributed by atoms with Gasteiger partial charge in [-0.15, -0.1) is 0 Å². The van der Waals surface area contributed by atoms with E-state index in [4.69, 9.17) is 4.74 Å². The Morgan fingerprint density at radius 1 is 0.977 bits per heavy atom. The van der Waals surface area contributed by atoms with Gasteiger partial charge in [0.2, 0.25) is 5.91 Å². The zero-order valence-electron chi connectivity index (χ0n) is 22.8. The van der Waals surface area contributed by atoms with Crippen molar-refractivity contribution in [3.63, 3.8) is 0 Å². The molecule has 1 fully saturated rings. The van der Waals surface area contributed by atoms with E-state index in [1.54, 1.807) is 36.4 Å². The number of pyridine rings is 1. The number of nitrogens with one attached hydrogen (secondary N) is 1. The summed E-state index contributed by atoms with van der Waals surface area (Å²) in [6.45, 7) is 2.37. The molecule has 5 aromatic rings. The van der Waals surface area contributed by atoms with Gasteiger partial charge in [-0.2, -0.15) is 5.10 Å². The molecular formula is C30H24F2N6O5. The molecule has 43 heavy (non-hydrogen) atoms. The average Bonchev–Trinajstić information content (AvgIpc) is 3.64. The number of hydrogen-bond donors (Lipinski definition) is 1. The molecule has 13 heteroatoms. The van der Waals surface area contributed by atoms with Crippen molar-refractivity contribution in [2.75, 3.05) is 16.8 Å². The summed E-state index contributed by atoms with van der Waals surface area (Å²) in [6.07, 6.45) is 5.55. The largest absolute Gasteiger partial charge is 0.452 e. The molecule has 2 aromatic carbocycles. The van der Waals surface area contributed by atoms with Crippen LogP contribution >= 0.6 is 0 Å². The van der Waals surface area contributed by atoms with Crippen molar-refractivity contribution in [3.8, 4) is 17.2 Å². The van der Waals surface area contributed by atoms with Crippen LogP contribution in [-0.2, 0) is 11.3 Å². The maximum Gasteiger partial charge on any atom is 0.335 e. The lowest BCUT2D eigenvalue weighted by Crippen LogP contribution is -2.42. The summed E-state index contributed by atoms with van der Waals surface area (Å²) in [5.74, 6) is -2.14. The number of halogens is 2. The Kier molecular flexibility index (Phi) is 7.06. The summed E-state index contributed by atoms with van der Waals surface area (Å²) < 4.78 is 38.1.